The SMILES string of the molecule is C=CC(=O)NCCCCOC1CCc2ccccc21. The standard InChI is InChI=1S/C16H21NO2/c1-2-16(18)17-11-5-6-12-19-15-10-9-13-7-3-4-8-14(13)15/h2-4,7-8,15H,1,5-6,9-12H2,(H,17,18). The molecule has 1 amide bonds. The molecule has 0 saturated carbocycles. The third kappa shape index (κ3) is 3.93. The number of aryl methyl sites for hydroxylation is 1. The lowest BCUT2D eigenvalue weighted by Gasteiger charge is -2.13. The van der Waals surface area contributed by atoms with E-state index in [1.165, 1.54) is 17.2 Å². The number of fused-ring (bicyclic) bond motifs is 1. The number of rotatable bonds is 7. The minimum absolute atomic E-state index is 0.106. The van der Waals surface area contributed by atoms with Crippen molar-refractivity contribution < 1.29 is 9.53 Å². The van der Waals surface area contributed by atoms with E-state index < -0.39 is 0 Å². The van der Waals surface area contributed by atoms with Crippen LogP contribution in [0.4, 0.5) is 0 Å². The van der Waals surface area contributed by atoms with Crippen molar-refractivity contribution in [2.24, 2.45) is 0 Å². The van der Waals surface area contributed by atoms with E-state index in [0.29, 0.717) is 6.54 Å². The highest BCUT2D eigenvalue weighted by Gasteiger charge is 2.21. The molecule has 1 aliphatic rings. The van der Waals surface area contributed by atoms with Crippen LogP contribution in [-0.2, 0) is 16.0 Å². The van der Waals surface area contributed by atoms with Crippen LogP contribution in [0, 0.1) is 0 Å². The summed E-state index contributed by atoms with van der Waals surface area (Å²) in [7, 11) is 0. The first-order valence-electron chi connectivity index (χ1n) is 6.91. The minimum atomic E-state index is -0.106. The molecule has 3 heteroatoms. The van der Waals surface area contributed by atoms with Gasteiger partial charge in [-0.1, -0.05) is 30.8 Å². The molecule has 19 heavy (non-hydrogen) atoms. The fraction of sp³-hybridized carbons (Fsp3) is 0.438. The molecule has 1 aromatic carbocycles. The molecule has 1 N–H and O–H groups in total. The maximum absolute atomic E-state index is 10.9. The summed E-state index contributed by atoms with van der Waals surface area (Å²) in [5.74, 6) is -0.106. The van der Waals surface area contributed by atoms with E-state index in [1.54, 1.807) is 0 Å². The molecule has 102 valence electrons. The lowest BCUT2D eigenvalue weighted by atomic mass is 10.1. The Labute approximate surface area is 114 Å². The van der Waals surface area contributed by atoms with Crippen LogP contribution in [0.2, 0.25) is 0 Å². The third-order valence-electron chi connectivity index (χ3n) is 3.45. The largest absolute Gasteiger partial charge is 0.374 e. The van der Waals surface area contributed by atoms with Crippen LogP contribution in [-0.4, -0.2) is 19.1 Å². The molecule has 0 heterocycles. The summed E-state index contributed by atoms with van der Waals surface area (Å²) in [4.78, 5) is 10.9. The average molecular weight is 259 g/mol. The van der Waals surface area contributed by atoms with Crippen LogP contribution < -0.4 is 5.32 Å². The van der Waals surface area contributed by atoms with Crippen LogP contribution in [0.15, 0.2) is 36.9 Å². The van der Waals surface area contributed by atoms with Crippen LogP contribution in [0.1, 0.15) is 36.5 Å². The molecule has 0 aliphatic heterocycles. The molecule has 1 aliphatic carbocycles. The van der Waals surface area contributed by atoms with Crippen LogP contribution in [0.25, 0.3) is 0 Å². The number of carbonyl (C=O) groups is 1. The van der Waals surface area contributed by atoms with Crippen LogP contribution in [0.5, 0.6) is 0 Å². The molecule has 0 radical (unpaired) electrons. The van der Waals surface area contributed by atoms with Crippen molar-refractivity contribution in [1.29, 1.82) is 0 Å². The number of ether oxygens (including phenoxy) is 1. The summed E-state index contributed by atoms with van der Waals surface area (Å²) < 4.78 is 5.93. The number of amides is 1. The van der Waals surface area contributed by atoms with Crippen molar-refractivity contribution in [2.45, 2.75) is 31.8 Å². The predicted octanol–water partition coefficient (Wildman–Crippen LogP) is 2.77. The van der Waals surface area contributed by atoms with E-state index in [2.05, 4.69) is 36.2 Å². The number of hydrogen-bond acceptors (Lipinski definition) is 2. The number of benzene rings is 1. The molecule has 2 rings (SSSR count). The molecule has 1 aromatic rings. The van der Waals surface area contributed by atoms with Gasteiger partial charge in [-0.15, -0.1) is 0 Å². The predicted molar refractivity (Wildman–Crippen MR) is 75.9 cm³/mol. The number of hydrogen-bond donors (Lipinski definition) is 1. The smallest absolute Gasteiger partial charge is 0.243 e. The summed E-state index contributed by atoms with van der Waals surface area (Å²) in [6, 6.07) is 8.51. The molecule has 0 saturated heterocycles. The minimum Gasteiger partial charge on any atom is -0.374 e. The summed E-state index contributed by atoms with van der Waals surface area (Å²) in [5, 5.41) is 2.76. The Kier molecular flexibility index (Phi) is 5.16. The van der Waals surface area contributed by atoms with Crippen molar-refractivity contribution in [3.05, 3.63) is 48.0 Å². The monoisotopic (exact) mass is 259 g/mol. The van der Waals surface area contributed by atoms with E-state index in [4.69, 9.17) is 4.74 Å². The second kappa shape index (κ2) is 7.10. The normalized spacial score (nSPS) is 16.9. The number of nitrogens with one attached hydrogen (secondary N) is 1. The highest BCUT2D eigenvalue weighted by Crippen LogP contribution is 2.33. The van der Waals surface area contributed by atoms with Gasteiger partial charge in [-0.2, -0.15) is 0 Å². The zero-order valence-electron chi connectivity index (χ0n) is 11.2. The number of unbranched alkanes of at least 4 members (excludes halogenated alkanes) is 1. The molecule has 1 unspecified atom stereocenters. The second-order valence-corrected chi connectivity index (χ2v) is 4.80. The first-order chi connectivity index (χ1) is 9.31. The van der Waals surface area contributed by atoms with Crippen molar-refractivity contribution in [2.75, 3.05) is 13.2 Å². The lowest BCUT2D eigenvalue weighted by Crippen LogP contribution is -2.22. The van der Waals surface area contributed by atoms with Crippen molar-refractivity contribution in [3.63, 3.8) is 0 Å². The van der Waals surface area contributed by atoms with Crippen LogP contribution >= 0.6 is 0 Å². The molecular formula is C16H21NO2. The van der Waals surface area contributed by atoms with Gasteiger partial charge in [0, 0.05) is 13.2 Å². The summed E-state index contributed by atoms with van der Waals surface area (Å²) in [6.07, 6.45) is 5.68. The first-order valence-corrected chi connectivity index (χ1v) is 6.91. The third-order valence-corrected chi connectivity index (χ3v) is 3.45. The van der Waals surface area contributed by atoms with Gasteiger partial charge in [-0.3, -0.25) is 4.79 Å². The fourth-order valence-corrected chi connectivity index (χ4v) is 2.43. The van der Waals surface area contributed by atoms with Crippen molar-refractivity contribution in [3.8, 4) is 0 Å². The van der Waals surface area contributed by atoms with E-state index >= 15 is 0 Å². The maximum atomic E-state index is 10.9. The van der Waals surface area contributed by atoms with Gasteiger partial charge in [0.2, 0.25) is 5.91 Å². The Morgan fingerprint density at radius 2 is 2.26 bits per heavy atom. The molecule has 3 nitrogen and oxygen atoms in total. The van der Waals surface area contributed by atoms with E-state index in [-0.39, 0.29) is 12.0 Å². The van der Waals surface area contributed by atoms with Gasteiger partial charge in [0.05, 0.1) is 6.10 Å². The van der Waals surface area contributed by atoms with E-state index in [1.807, 2.05) is 0 Å². The Balaban J connectivity index is 1.62. The maximum Gasteiger partial charge on any atom is 0.243 e. The molecule has 0 spiro atoms. The zero-order valence-corrected chi connectivity index (χ0v) is 11.2. The molecule has 0 fully saturated rings. The zero-order chi connectivity index (χ0) is 13.5. The van der Waals surface area contributed by atoms with Gasteiger partial charge in [0.1, 0.15) is 0 Å². The van der Waals surface area contributed by atoms with Gasteiger partial charge in [0.15, 0.2) is 0 Å². The first kappa shape index (κ1) is 13.8. The second-order valence-electron chi connectivity index (χ2n) is 4.80. The van der Waals surface area contributed by atoms with Crippen molar-refractivity contribution in [1.82, 2.24) is 5.32 Å². The Morgan fingerprint density at radius 1 is 1.42 bits per heavy atom. The molecular weight excluding hydrogens is 238 g/mol. The summed E-state index contributed by atoms with van der Waals surface area (Å²) in [5.41, 5.74) is 2.77. The van der Waals surface area contributed by atoms with Crippen molar-refractivity contribution >= 4 is 5.91 Å². The van der Waals surface area contributed by atoms with Gasteiger partial charge < -0.3 is 10.1 Å². The summed E-state index contributed by atoms with van der Waals surface area (Å²) >= 11 is 0. The molecule has 0 bridgehead atoms. The number of carbonyl (C=O) groups excluding carboxylic acids is 1. The topological polar surface area (TPSA) is 38.3 Å². The van der Waals surface area contributed by atoms with E-state index in [0.717, 1.165) is 32.3 Å². The van der Waals surface area contributed by atoms with Gasteiger partial charge >= 0.3 is 0 Å². The van der Waals surface area contributed by atoms with Crippen LogP contribution in [0.3, 0.4) is 0 Å². The highest BCUT2D eigenvalue weighted by atomic mass is 16.5. The summed E-state index contributed by atoms with van der Waals surface area (Å²) in [6.45, 7) is 4.86. The Morgan fingerprint density at radius 3 is 3.11 bits per heavy atom. The van der Waals surface area contributed by atoms with Gasteiger partial charge in [0.25, 0.3) is 0 Å². The fourth-order valence-electron chi connectivity index (χ4n) is 2.43. The van der Waals surface area contributed by atoms with Gasteiger partial charge in [-0.05, 0) is 42.9 Å². The quantitative estimate of drug-likeness (QED) is 0.604. The lowest BCUT2D eigenvalue weighted by molar-refractivity contribution is -0.116. The Bertz CT molecular complexity index is 442. The van der Waals surface area contributed by atoms with E-state index in [9.17, 15) is 4.79 Å². The highest BCUT2D eigenvalue weighted by molar-refractivity contribution is 5.86. The molecule has 0 aromatic heterocycles. The average Bonchev–Trinajstić information content (AvgIpc) is 2.85. The Hall–Kier alpha value is -1.61. The molecule has 1 atom stereocenters. The van der Waals surface area contributed by atoms with Gasteiger partial charge in [-0.25, -0.2) is 0 Å².